The van der Waals surface area contributed by atoms with Gasteiger partial charge in [0, 0.05) is 48.4 Å². The first-order valence-electron chi connectivity index (χ1n) is 12.8. The van der Waals surface area contributed by atoms with Crippen LogP contribution in [0.2, 0.25) is 0 Å². The van der Waals surface area contributed by atoms with Gasteiger partial charge in [0.2, 0.25) is 17.7 Å². The van der Waals surface area contributed by atoms with Gasteiger partial charge < -0.3 is 41.4 Å². The maximum Gasteiger partial charge on any atom is 0.326 e. The minimum atomic E-state index is -1.25. The van der Waals surface area contributed by atoms with Crippen molar-refractivity contribution in [3.63, 3.8) is 0 Å². The molecule has 1 aliphatic heterocycles. The molecule has 1 fully saturated rings. The fourth-order valence-corrected chi connectivity index (χ4v) is 4.79. The van der Waals surface area contributed by atoms with Gasteiger partial charge in [-0.15, -0.1) is 0 Å². The van der Waals surface area contributed by atoms with Crippen molar-refractivity contribution in [2.24, 2.45) is 5.73 Å². The lowest BCUT2D eigenvalue weighted by Gasteiger charge is -2.30. The minimum absolute atomic E-state index is 0.0558. The zero-order valence-electron chi connectivity index (χ0n) is 21.5. The summed E-state index contributed by atoms with van der Waals surface area (Å²) >= 11 is 0. The summed E-state index contributed by atoms with van der Waals surface area (Å²) in [7, 11) is 0. The number of hydrogen-bond acceptors (Lipinski definition) is 7. The Labute approximate surface area is 224 Å². The number of nitrogens with zero attached hydrogens (tertiary/aromatic N) is 2. The number of carbonyl (C=O) groups is 4. The molecule has 3 heterocycles. The molecule has 8 N–H and O–H groups in total. The number of nitrogens with two attached hydrogens (primary N) is 1. The molecule has 0 saturated carbocycles. The Bertz CT molecular complexity index is 1320. The first kappa shape index (κ1) is 27.8. The number of aromatic amines is 2. The van der Waals surface area contributed by atoms with Crippen LogP contribution < -0.4 is 16.4 Å². The summed E-state index contributed by atoms with van der Waals surface area (Å²) in [5.74, 6) is -3.01. The lowest BCUT2D eigenvalue weighted by atomic mass is 10.0. The van der Waals surface area contributed by atoms with Crippen molar-refractivity contribution < 1.29 is 29.4 Å². The Morgan fingerprint density at radius 1 is 1.15 bits per heavy atom. The average molecular weight is 540 g/mol. The topological polar surface area (TPSA) is 207 Å². The van der Waals surface area contributed by atoms with Crippen molar-refractivity contribution in [1.82, 2.24) is 30.5 Å². The van der Waals surface area contributed by atoms with Gasteiger partial charge in [0.25, 0.3) is 0 Å². The van der Waals surface area contributed by atoms with Crippen LogP contribution in [0.15, 0.2) is 43.0 Å². The van der Waals surface area contributed by atoms with Crippen LogP contribution in [-0.4, -0.2) is 90.6 Å². The fraction of sp³-hybridized carbons (Fsp3) is 0.423. The molecule has 1 aromatic carbocycles. The van der Waals surface area contributed by atoms with Gasteiger partial charge in [-0.05, 0) is 31.4 Å². The second-order valence-electron chi connectivity index (χ2n) is 9.76. The van der Waals surface area contributed by atoms with Crippen molar-refractivity contribution in [2.75, 3.05) is 6.54 Å². The third kappa shape index (κ3) is 6.44. The Balaban J connectivity index is 1.48. The van der Waals surface area contributed by atoms with Crippen molar-refractivity contribution in [3.05, 3.63) is 54.2 Å². The second kappa shape index (κ2) is 12.1. The van der Waals surface area contributed by atoms with E-state index < -0.39 is 54.0 Å². The number of aliphatic hydroxyl groups is 1. The van der Waals surface area contributed by atoms with E-state index in [0.29, 0.717) is 18.5 Å². The second-order valence-corrected chi connectivity index (χ2v) is 9.76. The molecule has 0 spiro atoms. The quantitative estimate of drug-likeness (QED) is 0.167. The van der Waals surface area contributed by atoms with E-state index in [0.717, 1.165) is 16.5 Å². The number of aromatic nitrogens is 3. The molecule has 2 aromatic heterocycles. The predicted molar refractivity (Wildman–Crippen MR) is 140 cm³/mol. The fourth-order valence-electron chi connectivity index (χ4n) is 4.79. The van der Waals surface area contributed by atoms with Gasteiger partial charge in [-0.3, -0.25) is 14.4 Å². The van der Waals surface area contributed by atoms with Crippen LogP contribution in [0.25, 0.3) is 10.9 Å². The van der Waals surface area contributed by atoms with Gasteiger partial charge in [-0.2, -0.15) is 0 Å². The summed E-state index contributed by atoms with van der Waals surface area (Å²) in [6, 6.07) is 3.01. The molecule has 0 aliphatic carbocycles. The minimum Gasteiger partial charge on any atom is -0.480 e. The molecule has 0 bridgehead atoms. The van der Waals surface area contributed by atoms with E-state index in [9.17, 15) is 29.4 Å². The highest BCUT2D eigenvalue weighted by molar-refractivity contribution is 5.95. The SMILES string of the molecule is CC(O)C(N)C(=O)NC(Cc1cnc[nH]1)C(=O)N1CCCC1C(=O)NC(Cc1c[nH]c2ccccc12)C(=O)O. The average Bonchev–Trinajstić information content (AvgIpc) is 3.68. The number of para-hydroxylation sites is 1. The van der Waals surface area contributed by atoms with Crippen molar-refractivity contribution >= 4 is 34.6 Å². The molecule has 39 heavy (non-hydrogen) atoms. The van der Waals surface area contributed by atoms with E-state index in [1.165, 1.54) is 24.3 Å². The predicted octanol–water partition coefficient (Wildman–Crippen LogP) is -0.570. The van der Waals surface area contributed by atoms with Gasteiger partial charge in [0.05, 0.1) is 12.4 Å². The summed E-state index contributed by atoms with van der Waals surface area (Å²) in [5, 5.41) is 25.6. The van der Waals surface area contributed by atoms with Gasteiger partial charge in [-0.1, -0.05) is 18.2 Å². The number of amides is 3. The lowest BCUT2D eigenvalue weighted by molar-refractivity contribution is -0.145. The number of aliphatic carboxylic acids is 1. The highest BCUT2D eigenvalue weighted by Gasteiger charge is 2.39. The maximum atomic E-state index is 13.6. The number of fused-ring (bicyclic) bond motifs is 1. The number of likely N-dealkylation sites (tertiary alicyclic amines) is 1. The first-order valence-corrected chi connectivity index (χ1v) is 12.8. The molecule has 3 aromatic rings. The number of aliphatic hydroxyl groups excluding tert-OH is 1. The molecule has 0 radical (unpaired) electrons. The molecule has 5 unspecified atom stereocenters. The summed E-state index contributed by atoms with van der Waals surface area (Å²) in [5.41, 5.74) is 7.93. The lowest BCUT2D eigenvalue weighted by Crippen LogP contribution is -2.58. The standard InChI is InChI=1S/C26H33N7O6/c1-14(34)22(27)24(36)31-19(10-16-12-28-13-30-16)25(37)33-8-4-7-21(33)23(35)32-20(26(38)39)9-15-11-29-18-6-3-2-5-17(15)18/h2-3,5-6,11-14,19-22,29,34H,4,7-10,27H2,1H3,(H,28,30)(H,31,36)(H,32,35)(H,38,39). The molecule has 3 amide bonds. The van der Waals surface area contributed by atoms with Gasteiger partial charge in [-0.25, -0.2) is 9.78 Å². The summed E-state index contributed by atoms with van der Waals surface area (Å²) in [6.07, 6.45) is 4.52. The normalized spacial score (nSPS) is 18.3. The summed E-state index contributed by atoms with van der Waals surface area (Å²) in [6.45, 7) is 1.63. The smallest absolute Gasteiger partial charge is 0.326 e. The van der Waals surface area contributed by atoms with E-state index in [-0.39, 0.29) is 19.4 Å². The Morgan fingerprint density at radius 3 is 2.62 bits per heavy atom. The number of carboxylic acids is 1. The number of rotatable bonds is 11. The number of carboxylic acid groups (broad SMARTS) is 1. The molecular weight excluding hydrogens is 506 g/mol. The molecule has 4 rings (SSSR count). The summed E-state index contributed by atoms with van der Waals surface area (Å²) < 4.78 is 0. The molecule has 1 saturated heterocycles. The molecular formula is C26H33N7O6. The third-order valence-corrected chi connectivity index (χ3v) is 6.97. The number of H-pyrrole nitrogens is 2. The largest absolute Gasteiger partial charge is 0.480 e. The summed E-state index contributed by atoms with van der Waals surface area (Å²) in [4.78, 5) is 62.8. The van der Waals surface area contributed by atoms with Crippen LogP contribution in [0.3, 0.4) is 0 Å². The molecule has 208 valence electrons. The van der Waals surface area contributed by atoms with E-state index >= 15 is 0 Å². The Kier molecular flexibility index (Phi) is 8.62. The number of carbonyl (C=O) groups excluding carboxylic acids is 3. The number of benzene rings is 1. The van der Waals surface area contributed by atoms with Gasteiger partial charge in [0.15, 0.2) is 0 Å². The molecule has 13 heteroatoms. The van der Waals surface area contributed by atoms with Crippen LogP contribution >= 0.6 is 0 Å². The highest BCUT2D eigenvalue weighted by Crippen LogP contribution is 2.22. The zero-order chi connectivity index (χ0) is 28.1. The van der Waals surface area contributed by atoms with E-state index in [2.05, 4.69) is 25.6 Å². The van der Waals surface area contributed by atoms with Crippen LogP contribution in [0.1, 0.15) is 31.0 Å². The number of hydrogen-bond donors (Lipinski definition) is 7. The van der Waals surface area contributed by atoms with Gasteiger partial charge in [0.1, 0.15) is 24.2 Å². The van der Waals surface area contributed by atoms with Gasteiger partial charge >= 0.3 is 5.97 Å². The Hall–Kier alpha value is -4.23. The monoisotopic (exact) mass is 539 g/mol. The van der Waals surface area contributed by atoms with Crippen LogP contribution in [0.5, 0.6) is 0 Å². The maximum absolute atomic E-state index is 13.6. The molecule has 1 aliphatic rings. The van der Waals surface area contributed by atoms with E-state index in [1.54, 1.807) is 6.20 Å². The van der Waals surface area contributed by atoms with Crippen molar-refractivity contribution in [1.29, 1.82) is 0 Å². The van der Waals surface area contributed by atoms with E-state index in [1.807, 2.05) is 24.3 Å². The molecule has 5 atom stereocenters. The number of imidazole rings is 1. The van der Waals surface area contributed by atoms with Crippen LogP contribution in [0, 0.1) is 0 Å². The number of nitrogens with one attached hydrogen (secondary N) is 4. The van der Waals surface area contributed by atoms with Crippen LogP contribution in [0.4, 0.5) is 0 Å². The zero-order valence-corrected chi connectivity index (χ0v) is 21.5. The van der Waals surface area contributed by atoms with Crippen molar-refractivity contribution in [3.8, 4) is 0 Å². The third-order valence-electron chi connectivity index (χ3n) is 6.97. The van der Waals surface area contributed by atoms with Crippen LogP contribution in [-0.2, 0) is 32.0 Å². The van der Waals surface area contributed by atoms with Crippen molar-refractivity contribution in [2.45, 2.75) is 62.9 Å². The molecule has 13 nitrogen and oxygen atoms in total. The Morgan fingerprint density at radius 2 is 1.92 bits per heavy atom. The van der Waals surface area contributed by atoms with E-state index in [4.69, 9.17) is 5.73 Å². The first-order chi connectivity index (χ1) is 18.7. The highest BCUT2D eigenvalue weighted by atomic mass is 16.4.